The number of hydrogen-bond acceptors (Lipinski definition) is 7. The predicted molar refractivity (Wildman–Crippen MR) is 297 cm³/mol. The Labute approximate surface area is 505 Å². The number of hydrogen-bond donors (Lipinski definition) is 3. The van der Waals surface area contributed by atoms with Crippen molar-refractivity contribution in [3.63, 3.8) is 0 Å². The molecule has 0 heterocycles. The Bertz CT molecular complexity index is 3470. The van der Waals surface area contributed by atoms with E-state index in [9.17, 15) is 80.6 Å². The molecule has 0 aromatic heterocycles. The molecule has 0 bridgehead atoms. The number of rotatable bonds is 14. The summed E-state index contributed by atoms with van der Waals surface area (Å²) >= 11 is 22.5. The van der Waals surface area contributed by atoms with E-state index in [2.05, 4.69) is 57.5 Å². The van der Waals surface area contributed by atoms with Gasteiger partial charge in [-0.2, -0.15) is 52.7 Å². The van der Waals surface area contributed by atoms with Crippen molar-refractivity contribution in [1.29, 1.82) is 0 Å². The molecule has 0 spiro atoms. The number of nitrogens with one attached hydrogen (secondary N) is 3. The van der Waals surface area contributed by atoms with E-state index in [-0.39, 0.29) is 70.4 Å². The van der Waals surface area contributed by atoms with Crippen molar-refractivity contribution < 1.29 is 90.1 Å². The van der Waals surface area contributed by atoms with Crippen molar-refractivity contribution >= 4 is 124 Å². The third-order valence-electron chi connectivity index (χ3n) is 11.5. The quantitative estimate of drug-likeness (QED) is 0.0562. The maximum absolute atomic E-state index is 14.6. The van der Waals surface area contributed by atoms with E-state index in [0.717, 1.165) is 0 Å². The van der Waals surface area contributed by atoms with Crippen molar-refractivity contribution in [2.45, 2.75) is 49.9 Å². The number of methoxy groups -OCH3 is 2. The summed E-state index contributed by atoms with van der Waals surface area (Å²) in [7, 11) is 2.52. The fourth-order valence-electron chi connectivity index (χ4n) is 7.44. The number of anilines is 4. The van der Waals surface area contributed by atoms with Crippen LogP contribution in [0.2, 0.25) is 10.0 Å². The lowest BCUT2D eigenvalue weighted by Crippen LogP contribution is -2.50. The highest BCUT2D eigenvalue weighted by Crippen LogP contribution is 2.56. The van der Waals surface area contributed by atoms with Gasteiger partial charge in [0.05, 0.1) is 71.3 Å². The Morgan fingerprint density at radius 2 is 0.941 bits per heavy atom. The summed E-state index contributed by atoms with van der Waals surface area (Å²) in [6, 6.07) is 21.5. The van der Waals surface area contributed by atoms with Crippen molar-refractivity contribution in [2.24, 2.45) is 0 Å². The Morgan fingerprint density at radius 3 is 1.27 bits per heavy atom. The van der Waals surface area contributed by atoms with Gasteiger partial charge in [0.1, 0.15) is 0 Å². The van der Waals surface area contributed by atoms with Gasteiger partial charge in [-0.25, -0.2) is 18.5 Å². The van der Waals surface area contributed by atoms with Crippen LogP contribution in [-0.2, 0) is 11.3 Å². The molecule has 3 N–H and O–H groups in total. The molecule has 0 fully saturated rings. The Morgan fingerprint density at radius 1 is 0.565 bits per heavy atom. The smallest absolute Gasteiger partial charge is 0.435 e. The summed E-state index contributed by atoms with van der Waals surface area (Å²) in [6.07, 6.45) is -25.3. The molecule has 0 aliphatic heterocycles. The molecular weight excluding hydrogens is 1360 g/mol. The molecule has 6 aromatic rings. The van der Waals surface area contributed by atoms with E-state index in [1.165, 1.54) is 85.8 Å². The van der Waals surface area contributed by atoms with Gasteiger partial charge in [0.15, 0.2) is 22.9 Å². The Hall–Kier alpha value is -7.37. The molecule has 3 amide bonds. The topological polar surface area (TPSA) is 135 Å². The lowest BCUT2D eigenvalue weighted by Gasteiger charge is -2.31. The molecular formula is C54H37Br2Cl3F14N6O6. The number of ether oxygens (including phenoxy) is 2. The highest BCUT2D eigenvalue weighted by molar-refractivity contribution is 9.11. The average molecular weight is 1400 g/mol. The summed E-state index contributed by atoms with van der Waals surface area (Å²) in [4.78, 5) is 57.4. The van der Waals surface area contributed by atoms with E-state index in [1.54, 1.807) is 32.0 Å². The van der Waals surface area contributed by atoms with Gasteiger partial charge < -0.3 is 30.3 Å². The first-order valence-electron chi connectivity index (χ1n) is 23.2. The maximum Gasteiger partial charge on any atom is 0.435 e. The fraction of sp³-hybridized carbons (Fsp3) is 0.222. The van der Waals surface area contributed by atoms with Gasteiger partial charge in [-0.05, 0) is 106 Å². The number of nitrogens with zero attached hydrogens (tertiary/aromatic N) is 3. The first-order valence-corrected chi connectivity index (χ1v) is 26.0. The van der Waals surface area contributed by atoms with Crippen LogP contribution in [0.1, 0.15) is 66.4 Å². The van der Waals surface area contributed by atoms with Gasteiger partial charge in [0.2, 0.25) is 0 Å². The van der Waals surface area contributed by atoms with Gasteiger partial charge in [-0.1, -0.05) is 83.9 Å². The number of para-hydroxylation sites is 2. The van der Waals surface area contributed by atoms with Gasteiger partial charge >= 0.3 is 36.0 Å². The van der Waals surface area contributed by atoms with Gasteiger partial charge in [0.25, 0.3) is 23.0 Å². The largest absolute Gasteiger partial charge is 0.494 e. The van der Waals surface area contributed by atoms with Crippen LogP contribution in [0, 0.1) is 13.1 Å². The first kappa shape index (κ1) is 70.1. The standard InChI is InChI=1S/C27H18BrClF7N3O3.C19H15BrClF7N2O2.C8H4ClNO/c1-4-39(24(41)14-8-10-16(37-2)11-9-14)20-7-5-6-17(22(20)42-3)23(40)38-21-18(28)12-15(13-19(21)29)25(30,26(31,32)33)27(34,35)36;1-3-29-13-6-4-5-10(15(13)32-2)16(31)30-14-11(20)7-9(8-12(14)21)17(22,18(23,24)25)19(26,27)28;1-10-7-4-2-6(3-5-7)8(9)11/h5-13H,4H2,1,3H3,(H,38,40);4-8,29H,3H2,1-2H3,(H,30,31);2-5H. The van der Waals surface area contributed by atoms with E-state index >= 15 is 0 Å². The van der Waals surface area contributed by atoms with Crippen molar-refractivity contribution in [2.75, 3.05) is 48.2 Å². The highest BCUT2D eigenvalue weighted by atomic mass is 79.9. The minimum absolute atomic E-state index is 0.00316. The Balaban J connectivity index is 0.000000316. The SMILES string of the molecule is CCNc1cccc(C(=O)Nc2c(Cl)cc(C(F)(C(F)(F)F)C(F)(F)F)cc2Br)c1OC.[C-]#[N+]c1ccc(C(=O)Cl)cc1.[C-]#[N+]c1ccc(C(=O)N(CC)c2cccc(C(=O)Nc3c(Cl)cc(C(F)(C(F)(F)F)C(F)(F)F)cc3Br)c2OC)cc1. The summed E-state index contributed by atoms with van der Waals surface area (Å²) in [5.74, 6) is -2.23. The van der Waals surface area contributed by atoms with E-state index < -0.39 is 94.8 Å². The van der Waals surface area contributed by atoms with Crippen LogP contribution < -0.4 is 30.3 Å². The van der Waals surface area contributed by atoms with Crippen LogP contribution in [0.25, 0.3) is 9.69 Å². The minimum atomic E-state index is -6.37. The average Bonchev–Trinajstić information content (AvgIpc) is 2.13. The summed E-state index contributed by atoms with van der Waals surface area (Å²) < 4.78 is 196. The zero-order valence-electron chi connectivity index (χ0n) is 43.3. The predicted octanol–water partition coefficient (Wildman–Crippen LogP) is 18.6. The highest BCUT2D eigenvalue weighted by Gasteiger charge is 2.74. The van der Waals surface area contributed by atoms with Crippen LogP contribution in [0.3, 0.4) is 0 Å². The van der Waals surface area contributed by atoms with E-state index in [1.807, 2.05) is 0 Å². The first-order chi connectivity index (χ1) is 39.4. The van der Waals surface area contributed by atoms with Crippen LogP contribution in [0.5, 0.6) is 11.5 Å². The molecule has 6 aromatic carbocycles. The number of amides is 3. The Kier molecular flexibility index (Phi) is 23.3. The minimum Gasteiger partial charge on any atom is -0.494 e. The zero-order valence-corrected chi connectivity index (χ0v) is 48.7. The van der Waals surface area contributed by atoms with Gasteiger partial charge in [-0.3, -0.25) is 19.2 Å². The number of benzene rings is 6. The number of carbonyl (C=O) groups excluding carboxylic acids is 4. The second kappa shape index (κ2) is 28.2. The maximum atomic E-state index is 14.6. The van der Waals surface area contributed by atoms with Crippen molar-refractivity contribution in [1.82, 2.24) is 0 Å². The molecule has 0 unspecified atom stereocenters. The molecule has 0 aliphatic rings. The fourth-order valence-corrected chi connectivity index (χ4v) is 9.45. The monoisotopic (exact) mass is 1390 g/mol. The van der Waals surface area contributed by atoms with Gasteiger partial charge in [-0.15, -0.1) is 0 Å². The van der Waals surface area contributed by atoms with E-state index in [4.69, 9.17) is 57.4 Å². The normalized spacial score (nSPS) is 11.7. The molecule has 6 rings (SSSR count). The molecule has 0 atom stereocenters. The number of halogens is 19. The second-order valence-corrected chi connectivity index (χ2v) is 19.6. The molecule has 85 heavy (non-hydrogen) atoms. The molecule has 12 nitrogen and oxygen atoms in total. The van der Waals surface area contributed by atoms with Crippen LogP contribution in [0.4, 0.5) is 95.6 Å². The summed E-state index contributed by atoms with van der Waals surface area (Å²) in [5, 5.41) is 5.44. The third kappa shape index (κ3) is 15.6. The van der Waals surface area contributed by atoms with Crippen molar-refractivity contribution in [3.05, 3.63) is 184 Å². The number of alkyl halides is 14. The zero-order chi connectivity index (χ0) is 64.4. The number of carbonyl (C=O) groups is 4. The third-order valence-corrected chi connectivity index (χ3v) is 13.6. The lowest BCUT2D eigenvalue weighted by atomic mass is 9.94. The molecule has 0 saturated carbocycles. The molecule has 452 valence electrons. The molecule has 0 radical (unpaired) electrons. The molecule has 31 heteroatoms. The van der Waals surface area contributed by atoms with Crippen LogP contribution in [-0.4, -0.2) is 75.0 Å². The van der Waals surface area contributed by atoms with Crippen LogP contribution in [0.15, 0.2) is 118 Å². The van der Waals surface area contributed by atoms with Gasteiger partial charge in [0, 0.05) is 44.3 Å². The van der Waals surface area contributed by atoms with Crippen LogP contribution >= 0.6 is 66.7 Å². The molecule has 0 aliphatic carbocycles. The molecule has 0 saturated heterocycles. The second-order valence-electron chi connectivity index (χ2n) is 16.8. The van der Waals surface area contributed by atoms with Crippen molar-refractivity contribution in [3.8, 4) is 11.5 Å². The van der Waals surface area contributed by atoms with E-state index in [0.29, 0.717) is 29.2 Å². The summed E-state index contributed by atoms with van der Waals surface area (Å²) in [5.41, 5.74) is -13.9. The lowest BCUT2D eigenvalue weighted by molar-refractivity contribution is -0.349. The summed E-state index contributed by atoms with van der Waals surface area (Å²) in [6.45, 7) is 17.8.